The molecule has 0 spiro atoms. The first-order valence-corrected chi connectivity index (χ1v) is 26.3. The number of nitrogens with two attached hydrogens (primary N) is 1. The Morgan fingerprint density at radius 2 is 1.13 bits per heavy atom. The number of unbranched alkanes of at least 4 members (excludes halogenated alkanes) is 2. The van der Waals surface area contributed by atoms with Crippen LogP contribution in [0.1, 0.15) is 96.3 Å². The molecule has 0 radical (unpaired) electrons. The van der Waals surface area contributed by atoms with Gasteiger partial charge in [-0.1, -0.05) is 100 Å². The highest BCUT2D eigenvalue weighted by molar-refractivity contribution is 7.81. The third-order valence-electron chi connectivity index (χ3n) is 11.7. The fraction of sp³-hybridized carbons (Fsp3) is 0.442. The molecule has 77 heavy (non-hydrogen) atoms. The van der Waals surface area contributed by atoms with Crippen LogP contribution in [0.3, 0.4) is 0 Å². The number of hydrogen-bond acceptors (Lipinski definition) is 13. The maximum absolute atomic E-state index is 14.4. The predicted molar refractivity (Wildman–Crippen MR) is 281 cm³/mol. The van der Waals surface area contributed by atoms with Gasteiger partial charge >= 0.3 is 22.5 Å². The van der Waals surface area contributed by atoms with Crippen molar-refractivity contribution in [2.45, 2.75) is 141 Å². The van der Waals surface area contributed by atoms with Gasteiger partial charge < -0.3 is 62.0 Å². The molecule has 0 fully saturated rings. The molecular weight excluding hydrogens is 1020 g/mol. The molecule has 0 aliphatic carbocycles. The van der Waals surface area contributed by atoms with Crippen LogP contribution >= 0.6 is 0 Å². The van der Waals surface area contributed by atoms with Crippen molar-refractivity contribution in [3.63, 3.8) is 0 Å². The summed E-state index contributed by atoms with van der Waals surface area (Å²) < 4.78 is 41.3. The molecule has 12 N–H and O–H groups in total. The van der Waals surface area contributed by atoms with Gasteiger partial charge in [0.15, 0.2) is 0 Å². The summed E-state index contributed by atoms with van der Waals surface area (Å²) in [6.07, 6.45) is 1.54. The summed E-state index contributed by atoms with van der Waals surface area (Å²) in [5.41, 5.74) is 6.99. The van der Waals surface area contributed by atoms with Crippen molar-refractivity contribution in [1.29, 1.82) is 0 Å². The summed E-state index contributed by atoms with van der Waals surface area (Å²) in [6, 6.07) is 12.6. The van der Waals surface area contributed by atoms with E-state index in [1.54, 1.807) is 81.6 Å². The van der Waals surface area contributed by atoms with E-state index in [1.165, 1.54) is 24.3 Å². The zero-order valence-corrected chi connectivity index (χ0v) is 44.3. The number of benzene rings is 3. The van der Waals surface area contributed by atoms with Crippen LogP contribution in [0.25, 0.3) is 10.9 Å². The lowest BCUT2D eigenvalue weighted by Crippen LogP contribution is -2.59. The average molecular weight is 1090 g/mol. The van der Waals surface area contributed by atoms with E-state index >= 15 is 0 Å². The second-order valence-electron chi connectivity index (χ2n) is 19.2. The molecule has 418 valence electrons. The molecule has 0 unspecified atom stereocenters. The lowest BCUT2D eigenvalue weighted by Gasteiger charge is -2.26. The largest absolute Gasteiger partial charge is 0.481 e. The van der Waals surface area contributed by atoms with Gasteiger partial charge in [-0.3, -0.25) is 42.9 Å². The normalized spacial score (nSPS) is 13.7. The number of carboxylic acid groups (broad SMARTS) is 1. The number of rotatable bonds is 30. The van der Waals surface area contributed by atoms with Gasteiger partial charge in [0.2, 0.25) is 41.4 Å². The molecule has 0 aliphatic rings. The average Bonchev–Trinajstić information content (AvgIpc) is 3.77. The molecule has 3 aromatic carbocycles. The van der Waals surface area contributed by atoms with Crippen molar-refractivity contribution in [2.75, 3.05) is 6.54 Å². The number of carbonyl (C=O) groups excluding carboxylic acids is 8. The topological polar surface area (TPSA) is 373 Å². The fourth-order valence-electron chi connectivity index (χ4n) is 7.86. The standard InChI is InChI=1S/C52H69N9O15S/c1-6-8-18-37(57-48(68)40(61-51(71)75-52(3,4)5)26-32-21-23-34(24-22-32)76-77(72,73)74)46(66)55-30-43(62)56-41(27-33-29-54-36-20-14-13-17-35(33)36)49(69)58-38(19-9-7-2)47(67)60-42(28-44(63)64)50(70)59-39(45(53)65)25-31-15-11-10-12-16-31/h10-17,20-24,29,37-42,54H,6-9,18-19,25-28,30H2,1-5H3,(H2,53,65)(H,55,66)(H,56,62)(H,57,68)(H,58,69)(H,59,70)(H,60,67)(H,61,71)(H,63,64)(H,72,73,74)/t37-,38-,39-,40+,41-,42-/m0/s1. The van der Waals surface area contributed by atoms with Crippen molar-refractivity contribution in [2.24, 2.45) is 5.73 Å². The number of aromatic amines is 1. The van der Waals surface area contributed by atoms with Crippen LogP contribution in [-0.4, -0.2) is 125 Å². The lowest BCUT2D eigenvalue weighted by atomic mass is 10.0. The Kier molecular flexibility index (Phi) is 23.4. The van der Waals surface area contributed by atoms with Crippen LogP contribution in [0.5, 0.6) is 5.75 Å². The zero-order chi connectivity index (χ0) is 56.9. The minimum atomic E-state index is -4.82. The number of carboxylic acids is 1. The highest BCUT2D eigenvalue weighted by Gasteiger charge is 2.34. The number of aliphatic carboxylic acids is 1. The molecule has 4 rings (SSSR count). The van der Waals surface area contributed by atoms with E-state index in [9.17, 15) is 56.7 Å². The Hall–Kier alpha value is -8.06. The molecule has 6 atom stereocenters. The highest BCUT2D eigenvalue weighted by atomic mass is 32.3. The van der Waals surface area contributed by atoms with E-state index in [-0.39, 0.29) is 37.9 Å². The van der Waals surface area contributed by atoms with Crippen LogP contribution in [0.2, 0.25) is 0 Å². The fourth-order valence-corrected chi connectivity index (χ4v) is 8.22. The number of fused-ring (bicyclic) bond motifs is 1. The van der Waals surface area contributed by atoms with Crippen LogP contribution in [-0.2, 0) is 72.8 Å². The molecule has 0 saturated heterocycles. The van der Waals surface area contributed by atoms with Gasteiger partial charge in [0.25, 0.3) is 0 Å². The number of nitrogens with one attached hydrogen (secondary N) is 8. The molecule has 25 heteroatoms. The molecule has 0 aliphatic heterocycles. The SMILES string of the molecule is CCCC[C@H](NC(=O)[C@H](Cc1c[nH]c2ccccc12)NC(=O)CNC(=O)[C@H](CCCC)NC(=O)[C@@H](Cc1ccc(OS(=O)(=O)O)cc1)NC(=O)OC(C)(C)C)C(=O)N[C@@H](CC(=O)O)C(=O)N[C@@H](Cc1ccccc1)C(N)=O. The number of aromatic nitrogens is 1. The van der Waals surface area contributed by atoms with E-state index in [2.05, 4.69) is 46.4 Å². The van der Waals surface area contributed by atoms with Crippen molar-refractivity contribution >= 4 is 74.7 Å². The Morgan fingerprint density at radius 1 is 0.623 bits per heavy atom. The van der Waals surface area contributed by atoms with Gasteiger partial charge in [0.1, 0.15) is 47.6 Å². The number of primary amides is 1. The molecule has 1 aromatic heterocycles. The summed E-state index contributed by atoms with van der Waals surface area (Å²) in [6.45, 7) is 7.82. The van der Waals surface area contributed by atoms with Crippen molar-refractivity contribution in [3.05, 3.63) is 102 Å². The number of hydrogen-bond donors (Lipinski definition) is 11. The summed E-state index contributed by atoms with van der Waals surface area (Å²) in [5.74, 6) is -7.84. The number of H-pyrrole nitrogens is 1. The smallest absolute Gasteiger partial charge is 0.446 e. The van der Waals surface area contributed by atoms with E-state index in [0.29, 0.717) is 47.8 Å². The number of ether oxygens (including phenoxy) is 1. The first-order valence-electron chi connectivity index (χ1n) is 25.0. The minimum Gasteiger partial charge on any atom is -0.481 e. The summed E-state index contributed by atoms with van der Waals surface area (Å²) in [7, 11) is -4.82. The maximum Gasteiger partial charge on any atom is 0.446 e. The molecular formula is C52H69N9O15S. The van der Waals surface area contributed by atoms with Gasteiger partial charge in [-0.15, -0.1) is 0 Å². The maximum atomic E-state index is 14.4. The molecule has 4 aromatic rings. The van der Waals surface area contributed by atoms with E-state index in [4.69, 9.17) is 15.0 Å². The third kappa shape index (κ3) is 21.6. The Bertz CT molecular complexity index is 2800. The van der Waals surface area contributed by atoms with Crippen molar-refractivity contribution in [1.82, 2.24) is 42.2 Å². The van der Waals surface area contributed by atoms with E-state index in [0.717, 1.165) is 5.52 Å². The van der Waals surface area contributed by atoms with E-state index < -0.39 is 119 Å². The van der Waals surface area contributed by atoms with Gasteiger partial charge in [0, 0.05) is 36.4 Å². The first-order chi connectivity index (χ1) is 36.3. The van der Waals surface area contributed by atoms with Crippen LogP contribution in [0.15, 0.2) is 85.1 Å². The Labute approximate surface area is 446 Å². The monoisotopic (exact) mass is 1090 g/mol. The number of amides is 8. The number of para-hydroxylation sites is 1. The van der Waals surface area contributed by atoms with Crippen LogP contribution in [0, 0.1) is 0 Å². The molecule has 1 heterocycles. The summed E-state index contributed by atoms with van der Waals surface area (Å²) in [4.78, 5) is 124. The molecule has 8 amide bonds. The Morgan fingerprint density at radius 3 is 1.70 bits per heavy atom. The highest BCUT2D eigenvalue weighted by Crippen LogP contribution is 2.20. The summed E-state index contributed by atoms with van der Waals surface area (Å²) >= 11 is 0. The molecule has 0 bridgehead atoms. The van der Waals surface area contributed by atoms with Crippen LogP contribution in [0.4, 0.5) is 4.79 Å². The second kappa shape index (κ2) is 29.3. The van der Waals surface area contributed by atoms with Gasteiger partial charge in [-0.25, -0.2) is 4.79 Å². The van der Waals surface area contributed by atoms with Crippen molar-refractivity contribution in [3.8, 4) is 5.75 Å². The minimum absolute atomic E-state index is 0.0223. The zero-order valence-electron chi connectivity index (χ0n) is 43.5. The van der Waals surface area contributed by atoms with Gasteiger partial charge in [-0.05, 0) is 68.5 Å². The Balaban J connectivity index is 1.53. The van der Waals surface area contributed by atoms with Crippen molar-refractivity contribution < 1.29 is 70.1 Å². The van der Waals surface area contributed by atoms with E-state index in [1.807, 2.05) is 13.8 Å². The predicted octanol–water partition coefficient (Wildman–Crippen LogP) is 2.15. The second-order valence-corrected chi connectivity index (χ2v) is 20.2. The summed E-state index contributed by atoms with van der Waals surface area (Å²) in [5, 5.41) is 28.2. The number of alkyl carbamates (subject to hydrolysis) is 1. The molecule has 24 nitrogen and oxygen atoms in total. The number of carbonyl (C=O) groups is 9. The lowest BCUT2D eigenvalue weighted by molar-refractivity contribution is -0.141. The third-order valence-corrected chi connectivity index (χ3v) is 12.1. The quantitative estimate of drug-likeness (QED) is 0.0333. The van der Waals surface area contributed by atoms with Gasteiger partial charge in [-0.2, -0.15) is 8.42 Å². The van der Waals surface area contributed by atoms with Crippen LogP contribution < -0.4 is 47.1 Å². The van der Waals surface area contributed by atoms with Gasteiger partial charge in [0.05, 0.1) is 13.0 Å². The molecule has 0 saturated carbocycles. The first kappa shape index (κ1) is 61.5.